The molecular weight excluding hydrogens is 152 g/mol. The number of hydrogen-bond acceptors (Lipinski definition) is 3. The molecular formula is C5H14N2O2S. The van der Waals surface area contributed by atoms with Gasteiger partial charge in [-0.25, -0.2) is 13.6 Å². The predicted molar refractivity (Wildman–Crippen MR) is 41.1 cm³/mol. The van der Waals surface area contributed by atoms with Gasteiger partial charge in [-0.05, 0) is 19.5 Å². The fourth-order valence-corrected chi connectivity index (χ4v) is 1.12. The maximum absolute atomic E-state index is 10.3. The molecule has 0 aliphatic carbocycles. The highest BCUT2D eigenvalue weighted by molar-refractivity contribution is 7.89. The van der Waals surface area contributed by atoms with Crippen molar-refractivity contribution in [2.45, 2.75) is 13.3 Å². The number of nitrogens with one attached hydrogen (secondary N) is 1. The number of rotatable bonds is 5. The highest BCUT2D eigenvalue weighted by Crippen LogP contribution is 1.82. The zero-order valence-electron chi connectivity index (χ0n) is 6.13. The van der Waals surface area contributed by atoms with Crippen LogP contribution in [-0.2, 0) is 10.0 Å². The fraction of sp³-hybridized carbons (Fsp3) is 1.00. The summed E-state index contributed by atoms with van der Waals surface area (Å²) in [5.41, 5.74) is 0. The molecule has 0 spiro atoms. The molecule has 10 heavy (non-hydrogen) atoms. The Kier molecular flexibility index (Phi) is 4.59. The van der Waals surface area contributed by atoms with E-state index < -0.39 is 10.0 Å². The first-order valence-electron chi connectivity index (χ1n) is 3.27. The third-order valence-corrected chi connectivity index (χ3v) is 1.89. The van der Waals surface area contributed by atoms with Crippen LogP contribution in [0.3, 0.4) is 0 Å². The maximum Gasteiger partial charge on any atom is 0.209 e. The first kappa shape index (κ1) is 9.87. The highest BCUT2D eigenvalue weighted by atomic mass is 32.2. The van der Waals surface area contributed by atoms with Crippen LogP contribution in [0.25, 0.3) is 0 Å². The molecule has 0 bridgehead atoms. The number of primary sulfonamides is 1. The Bertz CT molecular complexity index is 164. The molecule has 0 atom stereocenters. The predicted octanol–water partition coefficient (Wildman–Crippen LogP) is -0.725. The van der Waals surface area contributed by atoms with Gasteiger partial charge in [0.1, 0.15) is 0 Å². The molecule has 4 nitrogen and oxygen atoms in total. The minimum atomic E-state index is -3.24. The molecule has 0 aliphatic heterocycles. The van der Waals surface area contributed by atoms with E-state index in [0.29, 0.717) is 13.0 Å². The summed E-state index contributed by atoms with van der Waals surface area (Å²) in [5.74, 6) is 0.0694. The van der Waals surface area contributed by atoms with Gasteiger partial charge in [-0.2, -0.15) is 0 Å². The molecule has 62 valence electrons. The van der Waals surface area contributed by atoms with E-state index >= 15 is 0 Å². The van der Waals surface area contributed by atoms with E-state index in [2.05, 4.69) is 5.32 Å². The molecule has 0 aliphatic rings. The second-order valence-corrected chi connectivity index (χ2v) is 3.81. The topological polar surface area (TPSA) is 72.2 Å². The molecule has 0 saturated carbocycles. The molecule has 0 unspecified atom stereocenters. The van der Waals surface area contributed by atoms with Gasteiger partial charge in [0.05, 0.1) is 5.75 Å². The van der Waals surface area contributed by atoms with Gasteiger partial charge in [0.15, 0.2) is 0 Å². The summed E-state index contributed by atoms with van der Waals surface area (Å²) in [7, 11) is -3.24. The van der Waals surface area contributed by atoms with E-state index in [0.717, 1.165) is 6.54 Å². The van der Waals surface area contributed by atoms with E-state index in [4.69, 9.17) is 5.14 Å². The number of sulfonamides is 1. The van der Waals surface area contributed by atoms with Gasteiger partial charge in [-0.15, -0.1) is 0 Å². The van der Waals surface area contributed by atoms with Crippen molar-refractivity contribution >= 4 is 10.0 Å². The maximum atomic E-state index is 10.3. The molecule has 0 aromatic heterocycles. The quantitative estimate of drug-likeness (QED) is 0.529. The van der Waals surface area contributed by atoms with Crippen molar-refractivity contribution in [3.63, 3.8) is 0 Å². The Morgan fingerprint density at radius 1 is 1.50 bits per heavy atom. The van der Waals surface area contributed by atoms with Crippen molar-refractivity contribution in [2.75, 3.05) is 18.8 Å². The van der Waals surface area contributed by atoms with Crippen LogP contribution < -0.4 is 10.5 Å². The Morgan fingerprint density at radius 3 is 2.50 bits per heavy atom. The average molecular weight is 166 g/mol. The first-order valence-corrected chi connectivity index (χ1v) is 4.99. The molecule has 0 saturated heterocycles. The average Bonchev–Trinajstić information content (AvgIpc) is 1.78. The van der Waals surface area contributed by atoms with E-state index in [1.807, 2.05) is 6.92 Å². The zero-order chi connectivity index (χ0) is 8.04. The molecule has 0 amide bonds. The summed E-state index contributed by atoms with van der Waals surface area (Å²) < 4.78 is 20.7. The minimum absolute atomic E-state index is 0.0694. The summed E-state index contributed by atoms with van der Waals surface area (Å²) >= 11 is 0. The van der Waals surface area contributed by atoms with Crippen molar-refractivity contribution in [3.8, 4) is 0 Å². The lowest BCUT2D eigenvalue weighted by molar-refractivity contribution is 0.591. The van der Waals surface area contributed by atoms with Crippen LogP contribution in [0.15, 0.2) is 0 Å². The van der Waals surface area contributed by atoms with E-state index in [1.165, 1.54) is 0 Å². The van der Waals surface area contributed by atoms with Crippen molar-refractivity contribution in [3.05, 3.63) is 0 Å². The molecule has 0 aromatic rings. The molecule has 0 aromatic carbocycles. The SMILES string of the molecule is CCNCCCS(N)(=O)=O. The molecule has 0 radical (unpaired) electrons. The van der Waals surface area contributed by atoms with Crippen molar-refractivity contribution in [1.29, 1.82) is 0 Å². The highest BCUT2D eigenvalue weighted by Gasteiger charge is 1.99. The van der Waals surface area contributed by atoms with Gasteiger partial charge in [0.2, 0.25) is 10.0 Å². The van der Waals surface area contributed by atoms with Crippen LogP contribution in [0.1, 0.15) is 13.3 Å². The summed E-state index contributed by atoms with van der Waals surface area (Å²) in [5, 5.41) is 7.76. The Hall–Kier alpha value is -0.130. The van der Waals surface area contributed by atoms with Crippen LogP contribution in [0.4, 0.5) is 0 Å². The lowest BCUT2D eigenvalue weighted by Crippen LogP contribution is -2.21. The lowest BCUT2D eigenvalue weighted by atomic mass is 10.5. The largest absolute Gasteiger partial charge is 0.317 e. The fourth-order valence-electron chi connectivity index (χ4n) is 0.575. The van der Waals surface area contributed by atoms with Gasteiger partial charge < -0.3 is 5.32 Å². The molecule has 3 N–H and O–H groups in total. The number of nitrogens with two attached hydrogens (primary N) is 1. The van der Waals surface area contributed by atoms with Crippen molar-refractivity contribution < 1.29 is 8.42 Å². The molecule has 0 rings (SSSR count). The van der Waals surface area contributed by atoms with Crippen LogP contribution in [0, 0.1) is 0 Å². The lowest BCUT2D eigenvalue weighted by Gasteiger charge is -1.98. The van der Waals surface area contributed by atoms with Gasteiger partial charge in [0.25, 0.3) is 0 Å². The van der Waals surface area contributed by atoms with Gasteiger partial charge >= 0.3 is 0 Å². The van der Waals surface area contributed by atoms with Crippen LogP contribution >= 0.6 is 0 Å². The Morgan fingerprint density at radius 2 is 2.10 bits per heavy atom. The van der Waals surface area contributed by atoms with Crippen molar-refractivity contribution in [2.24, 2.45) is 5.14 Å². The second-order valence-electron chi connectivity index (χ2n) is 2.07. The first-order chi connectivity index (χ1) is 4.56. The Labute approximate surface area is 61.8 Å². The van der Waals surface area contributed by atoms with E-state index in [1.54, 1.807) is 0 Å². The minimum Gasteiger partial charge on any atom is -0.317 e. The summed E-state index contributed by atoms with van der Waals surface area (Å²) in [6.07, 6.45) is 0.590. The number of hydrogen-bond donors (Lipinski definition) is 2. The van der Waals surface area contributed by atoms with Crippen molar-refractivity contribution in [1.82, 2.24) is 5.32 Å². The Balaban J connectivity index is 3.21. The molecule has 0 heterocycles. The summed E-state index contributed by atoms with van der Waals surface area (Å²) in [6.45, 7) is 3.55. The van der Waals surface area contributed by atoms with Crippen LogP contribution in [0.2, 0.25) is 0 Å². The zero-order valence-corrected chi connectivity index (χ0v) is 6.95. The van der Waals surface area contributed by atoms with Gasteiger partial charge in [-0.3, -0.25) is 0 Å². The monoisotopic (exact) mass is 166 g/mol. The third kappa shape index (κ3) is 7.87. The van der Waals surface area contributed by atoms with E-state index in [9.17, 15) is 8.42 Å². The molecule has 0 fully saturated rings. The third-order valence-electron chi connectivity index (χ3n) is 1.03. The van der Waals surface area contributed by atoms with E-state index in [-0.39, 0.29) is 5.75 Å². The van der Waals surface area contributed by atoms with Gasteiger partial charge in [0, 0.05) is 0 Å². The second kappa shape index (κ2) is 4.65. The van der Waals surface area contributed by atoms with Gasteiger partial charge in [-0.1, -0.05) is 6.92 Å². The smallest absolute Gasteiger partial charge is 0.209 e. The summed E-state index contributed by atoms with van der Waals surface area (Å²) in [6, 6.07) is 0. The standard InChI is InChI=1S/C5H14N2O2S/c1-2-7-4-3-5-10(6,8)9/h7H,2-5H2,1H3,(H2,6,8,9). The normalized spacial score (nSPS) is 11.8. The van der Waals surface area contributed by atoms with Crippen LogP contribution in [0.5, 0.6) is 0 Å². The molecule has 5 heteroatoms. The summed E-state index contributed by atoms with van der Waals surface area (Å²) in [4.78, 5) is 0. The van der Waals surface area contributed by atoms with Crippen LogP contribution in [-0.4, -0.2) is 27.3 Å².